The Morgan fingerprint density at radius 2 is 2.58 bits per heavy atom. The topological polar surface area (TPSA) is 24.9 Å². The Balaban J connectivity index is 2.29. The molecule has 2 nitrogen and oxygen atoms in total. The predicted octanol–water partition coefficient (Wildman–Crippen LogP) is 2.45. The molecule has 1 rings (SSSR count). The molecule has 0 aliphatic carbocycles. The van der Waals surface area contributed by atoms with Gasteiger partial charge in [-0.05, 0) is 6.92 Å². The second-order valence-electron chi connectivity index (χ2n) is 2.50. The molecule has 1 N–H and O–H groups in total. The van der Waals surface area contributed by atoms with E-state index in [4.69, 9.17) is 0 Å². The van der Waals surface area contributed by atoms with E-state index in [1.165, 1.54) is 0 Å². The van der Waals surface area contributed by atoms with E-state index in [-0.39, 0.29) is 0 Å². The minimum absolute atomic E-state index is 0.790. The molecule has 0 bridgehead atoms. The molecule has 1 aromatic heterocycles. The van der Waals surface area contributed by atoms with Gasteiger partial charge in [0.15, 0.2) is 0 Å². The third-order valence-electron chi connectivity index (χ3n) is 1.26. The van der Waals surface area contributed by atoms with Crippen molar-refractivity contribution in [1.29, 1.82) is 0 Å². The number of nitrogens with one attached hydrogen (secondary N) is 1. The minimum atomic E-state index is 0.790. The summed E-state index contributed by atoms with van der Waals surface area (Å²) in [6, 6.07) is 0. The van der Waals surface area contributed by atoms with Gasteiger partial charge in [0.25, 0.3) is 0 Å². The van der Waals surface area contributed by atoms with Crippen LogP contribution in [0.25, 0.3) is 0 Å². The lowest BCUT2D eigenvalue weighted by Gasteiger charge is -1.98. The van der Waals surface area contributed by atoms with Crippen LogP contribution in [-0.2, 0) is 6.54 Å². The van der Waals surface area contributed by atoms with E-state index in [1.807, 2.05) is 6.92 Å². The van der Waals surface area contributed by atoms with Crippen molar-refractivity contribution in [3.8, 4) is 0 Å². The summed E-state index contributed by atoms with van der Waals surface area (Å²) in [7, 11) is 0. The molecule has 0 aromatic carbocycles. The fraction of sp³-hybridized carbons (Fsp3) is 0.375. The van der Waals surface area contributed by atoms with Crippen LogP contribution in [0.3, 0.4) is 0 Å². The van der Waals surface area contributed by atoms with Gasteiger partial charge in [0, 0.05) is 28.6 Å². The molecule has 0 atom stereocenters. The van der Waals surface area contributed by atoms with Crippen molar-refractivity contribution in [2.75, 3.05) is 6.54 Å². The monoisotopic (exact) mass is 246 g/mol. The van der Waals surface area contributed by atoms with Gasteiger partial charge in [-0.25, -0.2) is 4.98 Å². The van der Waals surface area contributed by atoms with Crippen LogP contribution in [0.2, 0.25) is 0 Å². The minimum Gasteiger partial charge on any atom is -0.306 e. The van der Waals surface area contributed by atoms with Crippen molar-refractivity contribution in [2.24, 2.45) is 0 Å². The number of aryl methyl sites for hydroxylation is 1. The third kappa shape index (κ3) is 3.47. The molecule has 66 valence electrons. The Hall–Kier alpha value is -0.190. The van der Waals surface area contributed by atoms with Crippen LogP contribution in [0.5, 0.6) is 0 Å². The van der Waals surface area contributed by atoms with Gasteiger partial charge < -0.3 is 5.32 Å². The Bertz CT molecular complexity index is 270. The summed E-state index contributed by atoms with van der Waals surface area (Å²) in [5.74, 6) is 0. The maximum absolute atomic E-state index is 4.32. The normalized spacial score (nSPS) is 10.2. The summed E-state index contributed by atoms with van der Waals surface area (Å²) in [5, 5.41) is 6.40. The van der Waals surface area contributed by atoms with Crippen molar-refractivity contribution in [2.45, 2.75) is 13.5 Å². The molecule has 0 fully saturated rings. The highest BCUT2D eigenvalue weighted by Crippen LogP contribution is 2.08. The molecule has 0 radical (unpaired) electrons. The maximum atomic E-state index is 4.32. The number of thiazole rings is 1. The van der Waals surface area contributed by atoms with Crippen molar-refractivity contribution < 1.29 is 0 Å². The van der Waals surface area contributed by atoms with E-state index in [2.05, 4.69) is 38.2 Å². The van der Waals surface area contributed by atoms with Crippen molar-refractivity contribution >= 4 is 27.3 Å². The van der Waals surface area contributed by atoms with Gasteiger partial charge in [-0.3, -0.25) is 0 Å². The van der Waals surface area contributed by atoms with Crippen LogP contribution in [0.4, 0.5) is 0 Å². The molecule has 1 aromatic rings. The quantitative estimate of drug-likeness (QED) is 0.883. The Labute approximate surface area is 84.8 Å². The Morgan fingerprint density at radius 3 is 3.08 bits per heavy atom. The van der Waals surface area contributed by atoms with Crippen molar-refractivity contribution in [3.05, 3.63) is 27.1 Å². The maximum Gasteiger partial charge on any atom is 0.107 e. The number of nitrogens with zero attached hydrogens (tertiary/aromatic N) is 1. The van der Waals surface area contributed by atoms with E-state index >= 15 is 0 Å². The first kappa shape index (κ1) is 9.89. The first-order valence-electron chi connectivity index (χ1n) is 3.63. The van der Waals surface area contributed by atoms with Gasteiger partial charge in [-0.1, -0.05) is 22.5 Å². The number of aromatic nitrogens is 1. The average molecular weight is 247 g/mol. The summed E-state index contributed by atoms with van der Waals surface area (Å²) in [5.41, 5.74) is 1.09. The zero-order valence-corrected chi connectivity index (χ0v) is 9.33. The van der Waals surface area contributed by atoms with Crippen LogP contribution in [-0.4, -0.2) is 11.5 Å². The fourth-order valence-corrected chi connectivity index (χ4v) is 1.73. The average Bonchev–Trinajstić information content (AvgIpc) is 2.35. The van der Waals surface area contributed by atoms with Crippen LogP contribution < -0.4 is 5.32 Å². The van der Waals surface area contributed by atoms with Crippen molar-refractivity contribution in [1.82, 2.24) is 10.3 Å². The smallest absolute Gasteiger partial charge is 0.107 e. The second kappa shape index (κ2) is 4.74. The molecule has 0 amide bonds. The third-order valence-corrected chi connectivity index (χ3v) is 2.51. The van der Waals surface area contributed by atoms with E-state index in [0.29, 0.717) is 0 Å². The lowest BCUT2D eigenvalue weighted by atomic mass is 10.5. The number of halogens is 1. The van der Waals surface area contributed by atoms with Crippen LogP contribution in [0, 0.1) is 6.92 Å². The summed E-state index contributed by atoms with van der Waals surface area (Å²) in [4.78, 5) is 4.32. The zero-order valence-electron chi connectivity index (χ0n) is 6.93. The molecule has 1 heterocycles. The van der Waals surface area contributed by atoms with Gasteiger partial charge in [-0.15, -0.1) is 11.3 Å². The highest BCUT2D eigenvalue weighted by molar-refractivity contribution is 9.11. The zero-order chi connectivity index (χ0) is 8.97. The first-order chi connectivity index (χ1) is 5.68. The molecule has 0 aliphatic heterocycles. The Morgan fingerprint density at radius 1 is 1.83 bits per heavy atom. The van der Waals surface area contributed by atoms with E-state index < -0.39 is 0 Å². The standard InChI is InChI=1S/C8H11BrN2S/c1-6(9)3-10-4-8-11-7(2)5-12-8/h5,10H,1,3-4H2,2H3. The molecule has 4 heteroatoms. The SMILES string of the molecule is C=C(Br)CNCc1nc(C)cs1. The summed E-state index contributed by atoms with van der Waals surface area (Å²) < 4.78 is 0.968. The van der Waals surface area contributed by atoms with Crippen LogP contribution in [0.1, 0.15) is 10.7 Å². The van der Waals surface area contributed by atoms with Crippen LogP contribution >= 0.6 is 27.3 Å². The molecule has 12 heavy (non-hydrogen) atoms. The molecule has 0 saturated carbocycles. The van der Waals surface area contributed by atoms with Crippen LogP contribution in [0.15, 0.2) is 16.4 Å². The van der Waals surface area contributed by atoms with E-state index in [1.54, 1.807) is 11.3 Å². The van der Waals surface area contributed by atoms with Gasteiger partial charge in [0.2, 0.25) is 0 Å². The predicted molar refractivity (Wildman–Crippen MR) is 56.6 cm³/mol. The van der Waals surface area contributed by atoms with Crippen molar-refractivity contribution in [3.63, 3.8) is 0 Å². The molecular weight excluding hydrogens is 236 g/mol. The fourth-order valence-electron chi connectivity index (χ4n) is 0.789. The first-order valence-corrected chi connectivity index (χ1v) is 5.31. The summed E-state index contributed by atoms with van der Waals surface area (Å²) >= 11 is 4.96. The van der Waals surface area contributed by atoms with Gasteiger partial charge in [-0.2, -0.15) is 0 Å². The highest BCUT2D eigenvalue weighted by atomic mass is 79.9. The number of rotatable bonds is 4. The molecular formula is C8H11BrN2S. The number of hydrogen-bond donors (Lipinski definition) is 1. The lowest BCUT2D eigenvalue weighted by molar-refractivity contribution is 0.750. The van der Waals surface area contributed by atoms with E-state index in [0.717, 1.165) is 28.3 Å². The Kier molecular flexibility index (Phi) is 3.91. The van der Waals surface area contributed by atoms with E-state index in [9.17, 15) is 0 Å². The largest absolute Gasteiger partial charge is 0.306 e. The lowest BCUT2D eigenvalue weighted by Crippen LogP contribution is -2.14. The molecule has 0 spiro atoms. The molecule has 0 saturated heterocycles. The summed E-state index contributed by atoms with van der Waals surface area (Å²) in [6.07, 6.45) is 0. The second-order valence-corrected chi connectivity index (χ2v) is 4.57. The van der Waals surface area contributed by atoms with Gasteiger partial charge in [0.05, 0.1) is 0 Å². The van der Waals surface area contributed by atoms with Gasteiger partial charge in [0.1, 0.15) is 5.01 Å². The molecule has 0 unspecified atom stereocenters. The summed E-state index contributed by atoms with van der Waals surface area (Å²) in [6.45, 7) is 7.34. The number of hydrogen-bond acceptors (Lipinski definition) is 3. The molecule has 0 aliphatic rings. The van der Waals surface area contributed by atoms with Gasteiger partial charge >= 0.3 is 0 Å². The highest BCUT2D eigenvalue weighted by Gasteiger charge is 1.96.